The molecular formula is C27H28F3NO4. The number of carbonyl (C=O) groups is 2. The predicted molar refractivity (Wildman–Crippen MR) is 125 cm³/mol. The lowest BCUT2D eigenvalue weighted by Gasteiger charge is -2.27. The highest BCUT2D eigenvalue weighted by Crippen LogP contribution is 2.35. The molecule has 2 aromatic rings. The minimum Gasteiger partial charge on any atom is -0.493 e. The standard InChI is InChI=1S/C27H28F3NO4/c1-34-25-14-13-21(15-26(25)35-24-9-5-6-10-24)22(12-11-20-7-3-2-4-8-20)17-31(19-33)23(18-32)16-27(28,29)30/h2-4,7-8,13-15,18-19,22-24H,5-6,9-10,16-17H2,1H3. The molecule has 1 fully saturated rings. The monoisotopic (exact) mass is 487 g/mol. The van der Waals surface area contributed by atoms with Crippen LogP contribution in [0.1, 0.15) is 49.1 Å². The molecule has 0 aliphatic heterocycles. The first kappa shape index (κ1) is 26.1. The molecule has 0 heterocycles. The van der Waals surface area contributed by atoms with Crippen LogP contribution in [0.25, 0.3) is 0 Å². The maximum atomic E-state index is 13.0. The number of hydrogen-bond acceptors (Lipinski definition) is 4. The van der Waals surface area contributed by atoms with Crippen molar-refractivity contribution in [2.75, 3.05) is 13.7 Å². The summed E-state index contributed by atoms with van der Waals surface area (Å²) in [6, 6.07) is 12.7. The Morgan fingerprint density at radius 3 is 2.40 bits per heavy atom. The van der Waals surface area contributed by atoms with Gasteiger partial charge in [-0.05, 0) is 55.5 Å². The summed E-state index contributed by atoms with van der Waals surface area (Å²) in [7, 11) is 1.53. The highest BCUT2D eigenvalue weighted by molar-refractivity contribution is 5.64. The largest absolute Gasteiger partial charge is 0.493 e. The van der Waals surface area contributed by atoms with Crippen LogP contribution in [0.2, 0.25) is 0 Å². The minimum absolute atomic E-state index is 0.0608. The van der Waals surface area contributed by atoms with Gasteiger partial charge in [-0.1, -0.05) is 36.1 Å². The topological polar surface area (TPSA) is 55.8 Å². The molecule has 186 valence electrons. The third-order valence-corrected chi connectivity index (χ3v) is 5.90. The normalized spacial score (nSPS) is 15.4. The Hall–Kier alpha value is -3.47. The van der Waals surface area contributed by atoms with Crippen molar-refractivity contribution < 1.29 is 32.2 Å². The van der Waals surface area contributed by atoms with Gasteiger partial charge in [0.05, 0.1) is 31.6 Å². The number of hydrogen-bond donors (Lipinski definition) is 0. The molecule has 0 aromatic heterocycles. The van der Waals surface area contributed by atoms with Gasteiger partial charge in [-0.3, -0.25) is 4.79 Å². The first-order valence-electron chi connectivity index (χ1n) is 11.5. The fourth-order valence-corrected chi connectivity index (χ4v) is 4.06. The number of halogens is 3. The van der Waals surface area contributed by atoms with E-state index in [1.165, 1.54) is 7.11 Å². The van der Waals surface area contributed by atoms with E-state index in [2.05, 4.69) is 11.8 Å². The molecule has 0 radical (unpaired) electrons. The van der Waals surface area contributed by atoms with Crippen LogP contribution in [-0.4, -0.2) is 49.6 Å². The van der Waals surface area contributed by atoms with Gasteiger partial charge >= 0.3 is 6.18 Å². The van der Waals surface area contributed by atoms with Crippen LogP contribution in [0.15, 0.2) is 48.5 Å². The lowest BCUT2D eigenvalue weighted by Crippen LogP contribution is -2.41. The molecule has 1 saturated carbocycles. The average molecular weight is 488 g/mol. The summed E-state index contributed by atoms with van der Waals surface area (Å²) in [6.07, 6.45) is -1.52. The van der Waals surface area contributed by atoms with Gasteiger partial charge in [0.15, 0.2) is 11.5 Å². The van der Waals surface area contributed by atoms with Crippen molar-refractivity contribution in [2.24, 2.45) is 0 Å². The molecule has 3 rings (SSSR count). The summed E-state index contributed by atoms with van der Waals surface area (Å²) >= 11 is 0. The Kier molecular flexibility index (Phi) is 9.18. The van der Waals surface area contributed by atoms with Crippen LogP contribution >= 0.6 is 0 Å². The first-order chi connectivity index (χ1) is 16.8. The molecule has 2 aromatic carbocycles. The molecule has 2 atom stereocenters. The van der Waals surface area contributed by atoms with Gasteiger partial charge in [0.25, 0.3) is 0 Å². The third-order valence-electron chi connectivity index (χ3n) is 5.90. The number of amides is 1. The molecule has 1 aliphatic carbocycles. The number of carbonyl (C=O) groups excluding carboxylic acids is 2. The molecule has 1 amide bonds. The van der Waals surface area contributed by atoms with Gasteiger partial charge in [-0.25, -0.2) is 0 Å². The smallest absolute Gasteiger partial charge is 0.391 e. The quantitative estimate of drug-likeness (QED) is 0.344. The van der Waals surface area contributed by atoms with Crippen molar-refractivity contribution in [3.8, 4) is 23.3 Å². The van der Waals surface area contributed by atoms with Crippen molar-refractivity contribution in [3.63, 3.8) is 0 Å². The number of nitrogens with zero attached hydrogens (tertiary/aromatic N) is 1. The minimum atomic E-state index is -4.60. The molecule has 35 heavy (non-hydrogen) atoms. The van der Waals surface area contributed by atoms with Gasteiger partial charge in [0.2, 0.25) is 6.41 Å². The third kappa shape index (κ3) is 7.78. The van der Waals surface area contributed by atoms with E-state index in [1.54, 1.807) is 18.2 Å². The number of alkyl halides is 3. The Labute approximate surface area is 203 Å². The van der Waals surface area contributed by atoms with E-state index >= 15 is 0 Å². The van der Waals surface area contributed by atoms with Crippen LogP contribution in [0.3, 0.4) is 0 Å². The summed E-state index contributed by atoms with van der Waals surface area (Å²) < 4.78 is 50.6. The number of benzene rings is 2. The molecule has 0 bridgehead atoms. The number of methoxy groups -OCH3 is 1. The average Bonchev–Trinajstić information content (AvgIpc) is 3.36. The Bertz CT molecular complexity index is 1040. The summed E-state index contributed by atoms with van der Waals surface area (Å²) in [5.74, 6) is 6.47. The van der Waals surface area contributed by atoms with Gasteiger partial charge < -0.3 is 19.2 Å². The predicted octanol–water partition coefficient (Wildman–Crippen LogP) is 5.13. The van der Waals surface area contributed by atoms with Gasteiger partial charge in [-0.2, -0.15) is 13.2 Å². The summed E-state index contributed by atoms with van der Waals surface area (Å²) in [4.78, 5) is 24.0. The second-order valence-electron chi connectivity index (χ2n) is 8.45. The fourth-order valence-electron chi connectivity index (χ4n) is 4.06. The first-order valence-corrected chi connectivity index (χ1v) is 11.5. The van der Waals surface area contributed by atoms with E-state index in [0.717, 1.165) is 30.6 Å². The Balaban J connectivity index is 1.95. The number of aldehydes is 1. The van der Waals surface area contributed by atoms with Gasteiger partial charge in [-0.15, -0.1) is 0 Å². The van der Waals surface area contributed by atoms with Crippen LogP contribution in [0, 0.1) is 11.8 Å². The molecule has 0 saturated heterocycles. The molecule has 8 heteroatoms. The zero-order valence-electron chi connectivity index (χ0n) is 19.5. The summed E-state index contributed by atoms with van der Waals surface area (Å²) in [5.41, 5.74) is 1.36. The fraction of sp³-hybridized carbons (Fsp3) is 0.407. The molecule has 5 nitrogen and oxygen atoms in total. The van der Waals surface area contributed by atoms with E-state index in [-0.39, 0.29) is 25.3 Å². The van der Waals surface area contributed by atoms with Gasteiger partial charge in [0, 0.05) is 12.1 Å². The molecular weight excluding hydrogens is 459 g/mol. The van der Waals surface area contributed by atoms with E-state index in [9.17, 15) is 22.8 Å². The maximum absolute atomic E-state index is 13.0. The summed E-state index contributed by atoms with van der Waals surface area (Å²) in [5, 5.41) is 0. The zero-order chi connectivity index (χ0) is 25.3. The highest BCUT2D eigenvalue weighted by atomic mass is 19.4. The molecule has 0 N–H and O–H groups in total. The van der Waals surface area contributed by atoms with Crippen molar-refractivity contribution in [3.05, 3.63) is 59.7 Å². The SMILES string of the molecule is COc1ccc(C(C#Cc2ccccc2)CN(C=O)C(C=O)CC(F)(F)F)cc1OC1CCCC1. The second kappa shape index (κ2) is 12.3. The second-order valence-corrected chi connectivity index (χ2v) is 8.45. The lowest BCUT2D eigenvalue weighted by molar-refractivity contribution is -0.154. The van der Waals surface area contributed by atoms with Crippen molar-refractivity contribution in [2.45, 2.75) is 56.3 Å². The van der Waals surface area contributed by atoms with Crippen molar-refractivity contribution in [1.29, 1.82) is 0 Å². The van der Waals surface area contributed by atoms with Crippen LogP contribution in [0.4, 0.5) is 13.2 Å². The van der Waals surface area contributed by atoms with Crippen LogP contribution < -0.4 is 9.47 Å². The van der Waals surface area contributed by atoms with E-state index in [1.807, 2.05) is 30.3 Å². The maximum Gasteiger partial charge on any atom is 0.391 e. The van der Waals surface area contributed by atoms with E-state index in [0.29, 0.717) is 22.6 Å². The number of ether oxygens (including phenoxy) is 2. The molecule has 1 aliphatic rings. The molecule has 2 unspecified atom stereocenters. The van der Waals surface area contributed by atoms with Crippen molar-refractivity contribution in [1.82, 2.24) is 4.90 Å². The zero-order valence-corrected chi connectivity index (χ0v) is 19.5. The van der Waals surface area contributed by atoms with Crippen molar-refractivity contribution >= 4 is 12.7 Å². The highest BCUT2D eigenvalue weighted by Gasteiger charge is 2.35. The van der Waals surface area contributed by atoms with Crippen LogP contribution in [-0.2, 0) is 9.59 Å². The lowest BCUT2D eigenvalue weighted by atomic mass is 9.97. The summed E-state index contributed by atoms with van der Waals surface area (Å²) in [6.45, 7) is -0.196. The van der Waals surface area contributed by atoms with Crippen LogP contribution in [0.5, 0.6) is 11.5 Å². The van der Waals surface area contributed by atoms with Gasteiger partial charge in [0.1, 0.15) is 6.29 Å². The Morgan fingerprint density at radius 1 is 1.09 bits per heavy atom. The van der Waals surface area contributed by atoms with E-state index < -0.39 is 24.6 Å². The number of rotatable bonds is 10. The van der Waals surface area contributed by atoms with E-state index in [4.69, 9.17) is 9.47 Å². The Morgan fingerprint density at radius 2 is 1.80 bits per heavy atom. The molecule has 0 spiro atoms.